The molecule has 1 atom stereocenters. The van der Waals surface area contributed by atoms with Gasteiger partial charge in [-0.2, -0.15) is 0 Å². The number of hydrogen-bond donors (Lipinski definition) is 0. The molecular formula is C58H38. The van der Waals surface area contributed by atoms with Crippen LogP contribution in [0, 0.1) is 6.92 Å². The lowest BCUT2D eigenvalue weighted by Crippen LogP contribution is -2.26. The molecule has 0 heterocycles. The summed E-state index contributed by atoms with van der Waals surface area (Å²) in [5.74, 6) is 0. The summed E-state index contributed by atoms with van der Waals surface area (Å²) < 4.78 is 0. The minimum absolute atomic E-state index is 0.462. The molecule has 11 aromatic carbocycles. The van der Waals surface area contributed by atoms with Crippen molar-refractivity contribution in [1.29, 1.82) is 0 Å². The maximum Gasteiger partial charge on any atom is 0.0725 e. The SMILES string of the molecule is CC/C=c1/ccc2ccc(-c3ccc4c(c3)C3(c5ccccc5-4)c4ccccc4-c4ccc(-c5ccc6ccc7cccc8ccc5c6c78)cc43)c3ccc(C)c1c23. The minimum atomic E-state index is -0.462. The van der Waals surface area contributed by atoms with Gasteiger partial charge in [-0.1, -0.05) is 177 Å². The lowest BCUT2D eigenvalue weighted by molar-refractivity contribution is 0.794. The highest BCUT2D eigenvalue weighted by Gasteiger charge is 2.51. The normalized spacial score (nSPS) is 15.7. The van der Waals surface area contributed by atoms with E-state index >= 15 is 0 Å². The van der Waals surface area contributed by atoms with Crippen LogP contribution in [0.5, 0.6) is 0 Å². The van der Waals surface area contributed by atoms with E-state index in [9.17, 15) is 0 Å². The molecular weight excluding hydrogens is 697 g/mol. The molecule has 0 aliphatic heterocycles. The van der Waals surface area contributed by atoms with E-state index in [0.717, 1.165) is 6.42 Å². The highest BCUT2D eigenvalue weighted by Crippen LogP contribution is 2.63. The van der Waals surface area contributed by atoms with Crippen LogP contribution in [0.3, 0.4) is 0 Å². The fraction of sp³-hybridized carbons (Fsp3) is 0.0690. The minimum Gasteiger partial charge on any atom is -0.0769 e. The van der Waals surface area contributed by atoms with E-state index in [1.165, 1.54) is 131 Å². The van der Waals surface area contributed by atoms with Crippen molar-refractivity contribution in [2.24, 2.45) is 0 Å². The summed E-state index contributed by atoms with van der Waals surface area (Å²) in [4.78, 5) is 0. The third-order valence-electron chi connectivity index (χ3n) is 13.8. The average Bonchev–Trinajstić information content (AvgIpc) is 3.74. The molecule has 0 N–H and O–H groups in total. The van der Waals surface area contributed by atoms with Crippen molar-refractivity contribution >= 4 is 59.9 Å². The second-order valence-electron chi connectivity index (χ2n) is 16.6. The molecule has 1 spiro atoms. The van der Waals surface area contributed by atoms with E-state index in [1.54, 1.807) is 0 Å². The maximum absolute atomic E-state index is 2.54. The molecule has 1 unspecified atom stereocenters. The van der Waals surface area contributed by atoms with Crippen LogP contribution in [-0.2, 0) is 5.41 Å². The van der Waals surface area contributed by atoms with E-state index in [-0.39, 0.29) is 0 Å². The topological polar surface area (TPSA) is 0 Å². The summed E-state index contributed by atoms with van der Waals surface area (Å²) >= 11 is 0. The summed E-state index contributed by atoms with van der Waals surface area (Å²) in [5, 5.41) is 14.6. The zero-order valence-electron chi connectivity index (χ0n) is 32.5. The molecule has 0 aromatic heterocycles. The molecule has 0 heteroatoms. The summed E-state index contributed by atoms with van der Waals surface area (Å²) in [6.07, 6.45) is 3.38. The van der Waals surface area contributed by atoms with E-state index < -0.39 is 5.41 Å². The van der Waals surface area contributed by atoms with Crippen molar-refractivity contribution in [2.45, 2.75) is 25.7 Å². The van der Waals surface area contributed by atoms with E-state index in [0.29, 0.717) is 0 Å². The summed E-state index contributed by atoms with van der Waals surface area (Å²) in [7, 11) is 0. The highest BCUT2D eigenvalue weighted by molar-refractivity contribution is 6.25. The fourth-order valence-electron chi connectivity index (χ4n) is 11.5. The van der Waals surface area contributed by atoms with Gasteiger partial charge in [0.1, 0.15) is 0 Å². The molecule has 0 saturated carbocycles. The molecule has 0 radical (unpaired) electrons. The van der Waals surface area contributed by atoms with Gasteiger partial charge in [-0.25, -0.2) is 0 Å². The monoisotopic (exact) mass is 734 g/mol. The van der Waals surface area contributed by atoms with Crippen LogP contribution in [0.15, 0.2) is 176 Å². The predicted octanol–water partition coefficient (Wildman–Crippen LogP) is 14.8. The molecule has 13 rings (SSSR count). The lowest BCUT2D eigenvalue weighted by atomic mass is 9.70. The van der Waals surface area contributed by atoms with Gasteiger partial charge in [0.2, 0.25) is 0 Å². The van der Waals surface area contributed by atoms with E-state index in [2.05, 4.69) is 196 Å². The average molecular weight is 735 g/mol. The van der Waals surface area contributed by atoms with E-state index in [4.69, 9.17) is 0 Å². The number of aryl methyl sites for hydroxylation is 1. The van der Waals surface area contributed by atoms with Crippen LogP contribution in [0.25, 0.3) is 104 Å². The Bertz CT molecular complexity index is 3590. The number of rotatable bonds is 3. The fourth-order valence-corrected chi connectivity index (χ4v) is 11.5. The molecule has 0 saturated heterocycles. The number of benzene rings is 11. The Balaban J connectivity index is 1.09. The first-order chi connectivity index (χ1) is 28.6. The van der Waals surface area contributed by atoms with Crippen LogP contribution < -0.4 is 5.22 Å². The first-order valence-corrected chi connectivity index (χ1v) is 20.7. The van der Waals surface area contributed by atoms with Gasteiger partial charge in [0.05, 0.1) is 5.41 Å². The first kappa shape index (κ1) is 32.1. The second kappa shape index (κ2) is 11.5. The van der Waals surface area contributed by atoms with Gasteiger partial charge in [-0.05, 0) is 157 Å². The van der Waals surface area contributed by atoms with E-state index in [1.807, 2.05) is 0 Å². The molecule has 2 aliphatic carbocycles. The van der Waals surface area contributed by atoms with Crippen molar-refractivity contribution in [3.05, 3.63) is 209 Å². The van der Waals surface area contributed by atoms with Crippen molar-refractivity contribution in [3.63, 3.8) is 0 Å². The molecule has 0 nitrogen and oxygen atoms in total. The molecule has 0 bridgehead atoms. The van der Waals surface area contributed by atoms with Gasteiger partial charge in [0, 0.05) is 0 Å². The Morgan fingerprint density at radius 3 is 1.45 bits per heavy atom. The Labute approximate surface area is 337 Å². The zero-order chi connectivity index (χ0) is 38.3. The first-order valence-electron chi connectivity index (χ1n) is 20.7. The van der Waals surface area contributed by atoms with Crippen molar-refractivity contribution < 1.29 is 0 Å². The van der Waals surface area contributed by atoms with Gasteiger partial charge in [0.25, 0.3) is 0 Å². The standard InChI is InChI=1S/C58H38/c1-3-9-35-17-19-38-21-27-42(48-26-16-34(2)54(35)56(38)48)40-24-29-46-44-12-4-6-14-50(44)58(52(46)32-40)51-15-7-5-13-45(51)47-30-25-41(33-53(47)58)43-28-22-39-20-18-36-10-8-11-37-23-31-49(43)57(39)55(36)37/h4-33H,3H2,1-2H3/b35-9-. The van der Waals surface area contributed by atoms with Gasteiger partial charge < -0.3 is 0 Å². The van der Waals surface area contributed by atoms with Gasteiger partial charge in [-0.3, -0.25) is 0 Å². The number of fused-ring (bicyclic) bond motifs is 10. The lowest BCUT2D eigenvalue weighted by Gasteiger charge is -2.31. The second-order valence-corrected chi connectivity index (χ2v) is 16.6. The van der Waals surface area contributed by atoms with Gasteiger partial charge in [-0.15, -0.1) is 0 Å². The molecule has 58 heavy (non-hydrogen) atoms. The Morgan fingerprint density at radius 2 is 0.845 bits per heavy atom. The zero-order valence-corrected chi connectivity index (χ0v) is 32.5. The Kier molecular flexibility index (Phi) is 6.38. The van der Waals surface area contributed by atoms with Crippen molar-refractivity contribution in [1.82, 2.24) is 0 Å². The Hall–Kier alpha value is -7.02. The van der Waals surface area contributed by atoms with Crippen LogP contribution in [0.4, 0.5) is 0 Å². The quantitative estimate of drug-likeness (QED) is 0.159. The van der Waals surface area contributed by atoms with Crippen LogP contribution in [0.2, 0.25) is 0 Å². The molecule has 2 aliphatic rings. The predicted molar refractivity (Wildman–Crippen MR) is 247 cm³/mol. The van der Waals surface area contributed by atoms with Crippen molar-refractivity contribution in [3.8, 4) is 44.5 Å². The van der Waals surface area contributed by atoms with Crippen molar-refractivity contribution in [2.75, 3.05) is 0 Å². The highest BCUT2D eigenvalue weighted by atomic mass is 14.5. The maximum atomic E-state index is 2.54. The third kappa shape index (κ3) is 4.00. The molecule has 270 valence electrons. The summed E-state index contributed by atoms with van der Waals surface area (Å²) in [6.45, 7) is 4.49. The van der Waals surface area contributed by atoms with Crippen LogP contribution in [0.1, 0.15) is 41.2 Å². The Morgan fingerprint density at radius 1 is 0.379 bits per heavy atom. The molecule has 11 aromatic rings. The van der Waals surface area contributed by atoms with Crippen LogP contribution in [-0.4, -0.2) is 0 Å². The summed E-state index contributed by atoms with van der Waals surface area (Å²) in [5.41, 5.74) is 16.7. The molecule has 0 fully saturated rings. The number of hydrogen-bond acceptors (Lipinski definition) is 0. The molecule has 0 amide bonds. The van der Waals surface area contributed by atoms with Gasteiger partial charge in [0.15, 0.2) is 0 Å². The third-order valence-corrected chi connectivity index (χ3v) is 13.8. The van der Waals surface area contributed by atoms with Gasteiger partial charge >= 0.3 is 0 Å². The van der Waals surface area contributed by atoms with Crippen LogP contribution >= 0.6 is 0 Å². The smallest absolute Gasteiger partial charge is 0.0725 e. The summed E-state index contributed by atoms with van der Waals surface area (Å²) in [6, 6.07) is 67.5. The largest absolute Gasteiger partial charge is 0.0769 e.